The maximum atomic E-state index is 5.43. The van der Waals surface area contributed by atoms with Gasteiger partial charge in [-0.15, -0.1) is 10.2 Å². The first-order valence-corrected chi connectivity index (χ1v) is 9.27. The summed E-state index contributed by atoms with van der Waals surface area (Å²) >= 11 is 0. The van der Waals surface area contributed by atoms with Gasteiger partial charge >= 0.3 is 6.01 Å². The third kappa shape index (κ3) is 3.62. The van der Waals surface area contributed by atoms with Crippen LogP contribution < -0.4 is 4.74 Å². The van der Waals surface area contributed by atoms with E-state index in [2.05, 4.69) is 61.0 Å². The van der Waals surface area contributed by atoms with E-state index in [1.807, 2.05) is 36.7 Å². The monoisotopic (exact) mass is 375 g/mol. The summed E-state index contributed by atoms with van der Waals surface area (Å²) in [6.07, 6.45) is 0.696. The van der Waals surface area contributed by atoms with E-state index in [1.54, 1.807) is 0 Å². The van der Waals surface area contributed by atoms with Crippen LogP contribution in [0.5, 0.6) is 6.01 Å². The Morgan fingerprint density at radius 1 is 1.00 bits per heavy atom. The molecule has 1 N–H and O–H groups in total. The van der Waals surface area contributed by atoms with Crippen LogP contribution >= 0.6 is 0 Å². The van der Waals surface area contributed by atoms with Crippen LogP contribution in [0.1, 0.15) is 25.2 Å². The van der Waals surface area contributed by atoms with Crippen molar-refractivity contribution in [2.75, 3.05) is 6.61 Å². The molecule has 0 radical (unpaired) electrons. The summed E-state index contributed by atoms with van der Waals surface area (Å²) in [7, 11) is 0. The third-order valence-corrected chi connectivity index (χ3v) is 4.46. The zero-order valence-electron chi connectivity index (χ0n) is 15.8. The molecule has 8 nitrogen and oxygen atoms in total. The van der Waals surface area contributed by atoms with Gasteiger partial charge in [0, 0.05) is 18.5 Å². The third-order valence-electron chi connectivity index (χ3n) is 4.46. The molecule has 0 fully saturated rings. The average molecular weight is 375 g/mol. The van der Waals surface area contributed by atoms with E-state index in [9.17, 15) is 0 Å². The molecule has 0 spiro atoms. The van der Waals surface area contributed by atoms with Crippen molar-refractivity contribution in [3.8, 4) is 28.5 Å². The molecule has 2 aromatic heterocycles. The van der Waals surface area contributed by atoms with Crippen molar-refractivity contribution >= 4 is 0 Å². The highest BCUT2D eigenvalue weighted by Gasteiger charge is 2.12. The Kier molecular flexibility index (Phi) is 5.09. The van der Waals surface area contributed by atoms with E-state index < -0.39 is 0 Å². The molecule has 0 unspecified atom stereocenters. The molecular formula is C20H21N7O. The van der Waals surface area contributed by atoms with Crippen LogP contribution in [0.25, 0.3) is 22.5 Å². The van der Waals surface area contributed by atoms with Gasteiger partial charge < -0.3 is 4.74 Å². The van der Waals surface area contributed by atoms with Gasteiger partial charge in [-0.3, -0.25) is 0 Å². The Balaban J connectivity index is 1.59. The van der Waals surface area contributed by atoms with Crippen molar-refractivity contribution < 1.29 is 4.74 Å². The lowest BCUT2D eigenvalue weighted by Crippen LogP contribution is -2.04. The lowest BCUT2D eigenvalue weighted by atomic mass is 9.98. The second kappa shape index (κ2) is 7.99. The van der Waals surface area contributed by atoms with Crippen LogP contribution in [0.2, 0.25) is 0 Å². The van der Waals surface area contributed by atoms with E-state index in [1.165, 1.54) is 0 Å². The minimum absolute atomic E-state index is 0.436. The summed E-state index contributed by atoms with van der Waals surface area (Å²) in [6, 6.07) is 16.9. The smallest absolute Gasteiger partial charge is 0.335 e. The van der Waals surface area contributed by atoms with Crippen molar-refractivity contribution in [2.24, 2.45) is 0 Å². The van der Waals surface area contributed by atoms with Gasteiger partial charge in [-0.05, 0) is 41.0 Å². The average Bonchev–Trinajstić information content (AvgIpc) is 3.39. The molecule has 0 saturated heterocycles. The van der Waals surface area contributed by atoms with Gasteiger partial charge in [0.2, 0.25) is 0 Å². The predicted molar refractivity (Wildman–Crippen MR) is 105 cm³/mol. The van der Waals surface area contributed by atoms with Crippen molar-refractivity contribution in [1.82, 2.24) is 35.4 Å². The van der Waals surface area contributed by atoms with Crippen LogP contribution in [0.3, 0.4) is 0 Å². The standard InChI is InChI=1S/C20H21N7O/c1-3-27-18(21-20(24-27)28-4-2)13-14-9-11-15(12-10-14)16-7-5-6-8-17(16)19-22-25-26-23-19/h5-12H,3-4,13H2,1-2H3,(H,22,23,25,26). The lowest BCUT2D eigenvalue weighted by molar-refractivity contribution is 0.310. The summed E-state index contributed by atoms with van der Waals surface area (Å²) in [6.45, 7) is 5.29. The van der Waals surface area contributed by atoms with Crippen LogP contribution in [-0.2, 0) is 13.0 Å². The number of nitrogens with zero attached hydrogens (tertiary/aromatic N) is 6. The quantitative estimate of drug-likeness (QED) is 0.533. The SMILES string of the molecule is CCOc1nc(Cc2ccc(-c3ccccc3-c3nnn[nH]3)cc2)n(CC)n1. The summed E-state index contributed by atoms with van der Waals surface area (Å²) in [5, 5.41) is 18.6. The van der Waals surface area contributed by atoms with E-state index in [-0.39, 0.29) is 0 Å². The Bertz CT molecular complexity index is 1040. The Hall–Kier alpha value is -3.55. The lowest BCUT2D eigenvalue weighted by Gasteiger charge is -2.08. The number of H-pyrrole nitrogens is 1. The molecule has 0 aliphatic carbocycles. The normalized spacial score (nSPS) is 10.9. The van der Waals surface area contributed by atoms with Crippen LogP contribution in [-0.4, -0.2) is 42.0 Å². The molecule has 8 heteroatoms. The second-order valence-corrected chi connectivity index (χ2v) is 6.23. The first kappa shape index (κ1) is 17.8. The summed E-state index contributed by atoms with van der Waals surface area (Å²) in [4.78, 5) is 4.50. The minimum atomic E-state index is 0.436. The van der Waals surface area contributed by atoms with E-state index in [4.69, 9.17) is 4.74 Å². The van der Waals surface area contributed by atoms with Crippen molar-refractivity contribution in [3.63, 3.8) is 0 Å². The molecule has 2 aromatic carbocycles. The molecule has 0 bridgehead atoms. The number of ether oxygens (including phenoxy) is 1. The summed E-state index contributed by atoms with van der Waals surface area (Å²) in [5.74, 6) is 1.55. The van der Waals surface area contributed by atoms with E-state index in [0.29, 0.717) is 24.9 Å². The first-order chi connectivity index (χ1) is 13.8. The number of tetrazole rings is 1. The highest BCUT2D eigenvalue weighted by molar-refractivity contribution is 5.80. The van der Waals surface area contributed by atoms with Crippen LogP contribution in [0.4, 0.5) is 0 Å². The van der Waals surface area contributed by atoms with E-state index >= 15 is 0 Å². The molecular weight excluding hydrogens is 354 g/mol. The molecule has 4 rings (SSSR count). The number of benzene rings is 2. The molecule has 0 aliphatic rings. The van der Waals surface area contributed by atoms with Crippen LogP contribution in [0.15, 0.2) is 48.5 Å². The molecule has 0 amide bonds. The topological polar surface area (TPSA) is 94.4 Å². The van der Waals surface area contributed by atoms with Crippen molar-refractivity contribution in [1.29, 1.82) is 0 Å². The highest BCUT2D eigenvalue weighted by atomic mass is 16.5. The largest absolute Gasteiger partial charge is 0.463 e. The van der Waals surface area contributed by atoms with Gasteiger partial charge in [-0.2, -0.15) is 4.98 Å². The zero-order valence-corrected chi connectivity index (χ0v) is 15.8. The van der Waals surface area contributed by atoms with Gasteiger partial charge in [-0.1, -0.05) is 48.5 Å². The summed E-state index contributed by atoms with van der Waals surface area (Å²) < 4.78 is 7.31. The van der Waals surface area contributed by atoms with Gasteiger partial charge in [0.05, 0.1) is 6.61 Å². The zero-order chi connectivity index (χ0) is 19.3. The molecule has 4 aromatic rings. The molecule has 0 aliphatic heterocycles. The van der Waals surface area contributed by atoms with Crippen molar-refractivity contribution in [3.05, 3.63) is 59.9 Å². The van der Waals surface area contributed by atoms with Crippen LogP contribution in [0, 0.1) is 0 Å². The minimum Gasteiger partial charge on any atom is -0.463 e. The number of aromatic amines is 1. The first-order valence-electron chi connectivity index (χ1n) is 9.27. The molecule has 28 heavy (non-hydrogen) atoms. The number of hydrogen-bond acceptors (Lipinski definition) is 6. The van der Waals surface area contributed by atoms with Gasteiger partial charge in [0.25, 0.3) is 0 Å². The summed E-state index contributed by atoms with van der Waals surface area (Å²) in [5.41, 5.74) is 4.30. The van der Waals surface area contributed by atoms with Crippen molar-refractivity contribution in [2.45, 2.75) is 26.8 Å². The molecule has 0 saturated carbocycles. The molecule has 0 atom stereocenters. The predicted octanol–water partition coefficient (Wildman–Crippen LogP) is 3.13. The fraction of sp³-hybridized carbons (Fsp3) is 0.250. The molecule has 142 valence electrons. The Morgan fingerprint density at radius 3 is 2.46 bits per heavy atom. The Morgan fingerprint density at radius 2 is 1.79 bits per heavy atom. The number of aryl methyl sites for hydroxylation is 1. The second-order valence-electron chi connectivity index (χ2n) is 6.23. The van der Waals surface area contributed by atoms with Gasteiger partial charge in [0.1, 0.15) is 5.82 Å². The Labute approximate surface area is 162 Å². The number of nitrogens with one attached hydrogen (secondary N) is 1. The van der Waals surface area contributed by atoms with Gasteiger partial charge in [-0.25, -0.2) is 9.78 Å². The fourth-order valence-corrected chi connectivity index (χ4v) is 3.13. The van der Waals surface area contributed by atoms with E-state index in [0.717, 1.165) is 34.6 Å². The van der Waals surface area contributed by atoms with Gasteiger partial charge in [0.15, 0.2) is 5.82 Å². The maximum Gasteiger partial charge on any atom is 0.335 e. The number of aromatic nitrogens is 7. The molecule has 2 heterocycles. The fourth-order valence-electron chi connectivity index (χ4n) is 3.13. The number of rotatable bonds is 7. The maximum absolute atomic E-state index is 5.43. The number of hydrogen-bond donors (Lipinski definition) is 1. The highest BCUT2D eigenvalue weighted by Crippen LogP contribution is 2.30.